The van der Waals surface area contributed by atoms with Gasteiger partial charge in [-0.1, -0.05) is 23.4 Å². The van der Waals surface area contributed by atoms with Gasteiger partial charge in [-0.15, -0.1) is 5.10 Å². The molecular weight excluding hydrogens is 542 g/mol. The van der Waals surface area contributed by atoms with Crippen LogP contribution in [0.15, 0.2) is 60.7 Å². The average molecular weight is 576 g/mol. The molecule has 1 aliphatic heterocycles. The number of benzene rings is 3. The second kappa shape index (κ2) is 12.8. The van der Waals surface area contributed by atoms with Gasteiger partial charge < -0.3 is 29.4 Å². The zero-order valence-electron chi connectivity index (χ0n) is 23.6. The van der Waals surface area contributed by atoms with Gasteiger partial charge in [0.25, 0.3) is 0 Å². The van der Waals surface area contributed by atoms with Gasteiger partial charge in [-0.05, 0) is 54.8 Å². The Morgan fingerprint density at radius 3 is 2.57 bits per heavy atom. The zero-order valence-corrected chi connectivity index (χ0v) is 23.6. The summed E-state index contributed by atoms with van der Waals surface area (Å²) in [6.45, 7) is 0.715. The summed E-state index contributed by atoms with van der Waals surface area (Å²) < 4.78 is 23.5. The minimum Gasteiger partial charge on any atom is -0.504 e. The van der Waals surface area contributed by atoms with Crippen LogP contribution < -0.4 is 24.4 Å². The number of aromatic hydroxyl groups is 1. The quantitative estimate of drug-likeness (QED) is 0.276. The fourth-order valence-corrected chi connectivity index (χ4v) is 5.05. The lowest BCUT2D eigenvalue weighted by Crippen LogP contribution is -2.46. The van der Waals surface area contributed by atoms with Crippen LogP contribution in [0.25, 0.3) is 11.0 Å². The van der Waals surface area contributed by atoms with E-state index in [9.17, 15) is 14.7 Å². The molecule has 0 radical (unpaired) electrons. The van der Waals surface area contributed by atoms with E-state index in [1.165, 1.54) is 43.0 Å². The van der Waals surface area contributed by atoms with Crippen LogP contribution in [0.1, 0.15) is 24.4 Å². The minimum atomic E-state index is -1.17. The van der Waals surface area contributed by atoms with Gasteiger partial charge in [0, 0.05) is 24.9 Å². The molecular formula is C30H33N5O7. The third-order valence-electron chi connectivity index (χ3n) is 7.17. The molecule has 12 heteroatoms. The number of carbonyl (C=O) groups is 2. The van der Waals surface area contributed by atoms with Crippen molar-refractivity contribution in [2.24, 2.45) is 0 Å². The topological polar surface area (TPSA) is 137 Å². The Kier molecular flexibility index (Phi) is 8.72. The number of amides is 2. The Hall–Kier alpha value is -4.84. The number of nitrogens with one attached hydrogen (secondary N) is 1. The van der Waals surface area contributed by atoms with E-state index in [1.807, 2.05) is 18.2 Å². The fourth-order valence-electron chi connectivity index (χ4n) is 5.05. The molecule has 5 rings (SSSR count). The van der Waals surface area contributed by atoms with Gasteiger partial charge in [-0.25, -0.2) is 4.68 Å². The number of fused-ring (bicyclic) bond motifs is 1. The Bertz CT molecular complexity index is 1570. The van der Waals surface area contributed by atoms with Gasteiger partial charge >= 0.3 is 0 Å². The number of hydrogen-bond acceptors (Lipinski definition) is 9. The van der Waals surface area contributed by atoms with Gasteiger partial charge in [0.05, 0.1) is 33.0 Å². The Labute approximate surface area is 242 Å². The number of aromatic nitrogens is 3. The second-order valence-corrected chi connectivity index (χ2v) is 9.75. The maximum absolute atomic E-state index is 14.3. The lowest BCUT2D eigenvalue weighted by atomic mass is 10.0. The van der Waals surface area contributed by atoms with Gasteiger partial charge in [-0.3, -0.25) is 14.5 Å². The van der Waals surface area contributed by atoms with E-state index in [4.69, 9.17) is 18.9 Å². The van der Waals surface area contributed by atoms with Crippen molar-refractivity contribution < 1.29 is 33.6 Å². The van der Waals surface area contributed by atoms with Crippen molar-refractivity contribution in [2.75, 3.05) is 39.4 Å². The molecule has 3 aromatic carbocycles. The standard InChI is InChI=1S/C30H33N5O7/c1-39-25-13-11-20(16-27(25)41-3)35(28(37)18-34-23-9-5-4-8-22(23)32-33-34)29(19-10-12-24(36)26(15-19)40-2)30(38)31-17-21-7-6-14-42-21/h4-5,8-13,15-16,21,29,36H,6-7,14,17-18H2,1-3H3,(H,31,38)/t21-,29+/m0/s1. The van der Waals surface area contributed by atoms with Gasteiger partial charge in [0.1, 0.15) is 18.1 Å². The van der Waals surface area contributed by atoms with Crippen molar-refractivity contribution in [3.8, 4) is 23.0 Å². The summed E-state index contributed by atoms with van der Waals surface area (Å²) in [6, 6.07) is 15.7. The second-order valence-electron chi connectivity index (χ2n) is 9.75. The van der Waals surface area contributed by atoms with Crippen molar-refractivity contribution >= 4 is 28.5 Å². The van der Waals surface area contributed by atoms with E-state index in [2.05, 4.69) is 15.6 Å². The number of rotatable bonds is 11. The Morgan fingerprint density at radius 2 is 1.83 bits per heavy atom. The fraction of sp³-hybridized carbons (Fsp3) is 0.333. The lowest BCUT2D eigenvalue weighted by molar-refractivity contribution is -0.127. The van der Waals surface area contributed by atoms with Gasteiger partial charge in [-0.2, -0.15) is 0 Å². The smallest absolute Gasteiger partial charge is 0.249 e. The third kappa shape index (κ3) is 5.93. The predicted octanol–water partition coefficient (Wildman–Crippen LogP) is 3.23. The molecule has 1 aliphatic rings. The third-order valence-corrected chi connectivity index (χ3v) is 7.17. The maximum Gasteiger partial charge on any atom is 0.249 e. The molecule has 4 aromatic rings. The van der Waals surface area contributed by atoms with Crippen LogP contribution in [0.5, 0.6) is 23.0 Å². The largest absolute Gasteiger partial charge is 0.504 e. The highest BCUT2D eigenvalue weighted by atomic mass is 16.5. The summed E-state index contributed by atoms with van der Waals surface area (Å²) in [4.78, 5) is 29.7. The van der Waals surface area contributed by atoms with Crippen LogP contribution >= 0.6 is 0 Å². The Balaban J connectivity index is 1.61. The van der Waals surface area contributed by atoms with Crippen molar-refractivity contribution in [3.63, 3.8) is 0 Å². The number of phenolic OH excluding ortho intramolecular Hbond substituents is 1. The number of phenols is 1. The van der Waals surface area contributed by atoms with E-state index in [-0.39, 0.29) is 30.7 Å². The van der Waals surface area contributed by atoms with Crippen molar-refractivity contribution in [3.05, 3.63) is 66.2 Å². The highest BCUT2D eigenvalue weighted by molar-refractivity contribution is 6.02. The molecule has 220 valence electrons. The Morgan fingerprint density at radius 1 is 1.05 bits per heavy atom. The van der Waals surface area contributed by atoms with Crippen LogP contribution in [0, 0.1) is 0 Å². The van der Waals surface area contributed by atoms with E-state index in [0.29, 0.717) is 40.4 Å². The van der Waals surface area contributed by atoms with E-state index in [1.54, 1.807) is 30.3 Å². The highest BCUT2D eigenvalue weighted by Crippen LogP contribution is 2.38. The van der Waals surface area contributed by atoms with E-state index < -0.39 is 17.9 Å². The molecule has 2 amide bonds. The predicted molar refractivity (Wildman–Crippen MR) is 154 cm³/mol. The first kappa shape index (κ1) is 28.7. The molecule has 1 saturated heterocycles. The molecule has 42 heavy (non-hydrogen) atoms. The average Bonchev–Trinajstić information content (AvgIpc) is 3.69. The van der Waals surface area contributed by atoms with E-state index in [0.717, 1.165) is 12.8 Å². The number of nitrogens with zero attached hydrogens (tertiary/aromatic N) is 4. The molecule has 2 atom stereocenters. The van der Waals surface area contributed by atoms with Crippen LogP contribution in [0.4, 0.5) is 5.69 Å². The SMILES string of the molecule is COc1cc([C@H](C(=O)NC[C@@H]2CCCO2)N(C(=O)Cn2nnc3ccccc32)c2ccc(OC)c(OC)c2)ccc1O. The molecule has 1 aromatic heterocycles. The van der Waals surface area contributed by atoms with E-state index >= 15 is 0 Å². The summed E-state index contributed by atoms with van der Waals surface area (Å²) in [5.74, 6) is 0.0127. The number of para-hydroxylation sites is 1. The van der Waals surface area contributed by atoms with Gasteiger partial charge in [0.15, 0.2) is 23.0 Å². The summed E-state index contributed by atoms with van der Waals surface area (Å²) >= 11 is 0. The molecule has 0 saturated carbocycles. The number of hydrogen-bond donors (Lipinski definition) is 2. The summed E-state index contributed by atoms with van der Waals surface area (Å²) in [5.41, 5.74) is 2.10. The minimum absolute atomic E-state index is 0.0992. The number of ether oxygens (including phenoxy) is 4. The number of carbonyl (C=O) groups excluding carboxylic acids is 2. The molecule has 2 heterocycles. The highest BCUT2D eigenvalue weighted by Gasteiger charge is 2.35. The molecule has 0 aliphatic carbocycles. The van der Waals surface area contributed by atoms with Crippen LogP contribution in [-0.2, 0) is 20.9 Å². The van der Waals surface area contributed by atoms with Crippen molar-refractivity contribution in [1.29, 1.82) is 0 Å². The molecule has 0 spiro atoms. The number of anilines is 1. The van der Waals surface area contributed by atoms with Crippen molar-refractivity contribution in [2.45, 2.75) is 31.5 Å². The first-order valence-corrected chi connectivity index (χ1v) is 13.5. The first-order chi connectivity index (χ1) is 20.4. The van der Waals surface area contributed by atoms with Crippen LogP contribution in [-0.4, -0.2) is 72.5 Å². The van der Waals surface area contributed by atoms with Gasteiger partial charge in [0.2, 0.25) is 11.8 Å². The zero-order chi connectivity index (χ0) is 29.6. The molecule has 12 nitrogen and oxygen atoms in total. The molecule has 0 bridgehead atoms. The summed E-state index contributed by atoms with van der Waals surface area (Å²) in [7, 11) is 4.42. The van der Waals surface area contributed by atoms with Crippen LogP contribution in [0.2, 0.25) is 0 Å². The monoisotopic (exact) mass is 575 g/mol. The molecule has 1 fully saturated rings. The lowest BCUT2D eigenvalue weighted by Gasteiger charge is -2.32. The van der Waals surface area contributed by atoms with Crippen molar-refractivity contribution in [1.82, 2.24) is 20.3 Å². The molecule has 2 N–H and O–H groups in total. The first-order valence-electron chi connectivity index (χ1n) is 13.5. The molecule has 0 unspecified atom stereocenters. The number of methoxy groups -OCH3 is 3. The summed E-state index contributed by atoms with van der Waals surface area (Å²) in [6.07, 6.45) is 1.63. The summed E-state index contributed by atoms with van der Waals surface area (Å²) in [5, 5.41) is 21.6. The van der Waals surface area contributed by atoms with Crippen LogP contribution in [0.3, 0.4) is 0 Å². The maximum atomic E-state index is 14.3. The normalized spacial score (nSPS) is 15.3.